The summed E-state index contributed by atoms with van der Waals surface area (Å²) in [7, 11) is 0. The lowest BCUT2D eigenvalue weighted by molar-refractivity contribution is -0.137. The Morgan fingerprint density at radius 1 is 1.62 bits per heavy atom. The number of nitrogens with one attached hydrogen (secondary N) is 1. The van der Waals surface area contributed by atoms with E-state index < -0.39 is 0 Å². The molecular weight excluding hydrogens is 206 g/mol. The topological polar surface area (TPSA) is 67.6 Å². The van der Waals surface area contributed by atoms with Gasteiger partial charge >= 0.3 is 0 Å². The van der Waals surface area contributed by atoms with Crippen LogP contribution in [0.4, 0.5) is 0 Å². The Bertz CT molecular complexity index is 243. The van der Waals surface area contributed by atoms with E-state index in [0.29, 0.717) is 26.3 Å². The Balaban J connectivity index is 2.74. The largest absolute Gasteiger partial charge is 0.378 e. The molecule has 1 aliphatic heterocycles. The summed E-state index contributed by atoms with van der Waals surface area (Å²) in [6.45, 7) is 9.09. The van der Waals surface area contributed by atoms with Crippen molar-refractivity contribution in [2.24, 2.45) is 5.73 Å². The Morgan fingerprint density at radius 2 is 2.31 bits per heavy atom. The van der Waals surface area contributed by atoms with E-state index >= 15 is 0 Å². The third-order valence-corrected chi connectivity index (χ3v) is 3.06. The lowest BCUT2D eigenvalue weighted by Crippen LogP contribution is -2.62. The van der Waals surface area contributed by atoms with E-state index in [4.69, 9.17) is 10.5 Å². The fourth-order valence-electron chi connectivity index (χ4n) is 1.95. The molecule has 94 valence electrons. The van der Waals surface area contributed by atoms with Gasteiger partial charge in [-0.15, -0.1) is 0 Å². The predicted octanol–water partition coefficient (Wildman–Crippen LogP) is -0.439. The van der Waals surface area contributed by atoms with Crippen molar-refractivity contribution >= 4 is 5.91 Å². The molecule has 0 spiro atoms. The number of hydrogen-bond acceptors (Lipinski definition) is 4. The summed E-state index contributed by atoms with van der Waals surface area (Å²) in [4.78, 5) is 14.0. The second kappa shape index (κ2) is 5.61. The molecule has 1 aliphatic rings. The molecule has 1 amide bonds. The van der Waals surface area contributed by atoms with Gasteiger partial charge in [0, 0.05) is 25.2 Å². The number of ether oxygens (including phenoxy) is 1. The zero-order chi connectivity index (χ0) is 12.2. The van der Waals surface area contributed by atoms with Gasteiger partial charge in [0.1, 0.15) is 6.04 Å². The van der Waals surface area contributed by atoms with Crippen LogP contribution in [0.3, 0.4) is 0 Å². The second-order valence-electron chi connectivity index (χ2n) is 4.70. The van der Waals surface area contributed by atoms with Gasteiger partial charge in [-0.1, -0.05) is 0 Å². The van der Waals surface area contributed by atoms with Crippen LogP contribution in [0.2, 0.25) is 0 Å². The zero-order valence-corrected chi connectivity index (χ0v) is 10.5. The van der Waals surface area contributed by atoms with Crippen LogP contribution >= 0.6 is 0 Å². The van der Waals surface area contributed by atoms with Gasteiger partial charge in [0.2, 0.25) is 5.91 Å². The molecule has 0 saturated carbocycles. The number of rotatable bonds is 4. The van der Waals surface area contributed by atoms with Crippen molar-refractivity contribution in [2.45, 2.75) is 32.4 Å². The van der Waals surface area contributed by atoms with Gasteiger partial charge in [-0.2, -0.15) is 0 Å². The highest BCUT2D eigenvalue weighted by atomic mass is 16.5. The van der Waals surface area contributed by atoms with Crippen molar-refractivity contribution in [2.75, 3.05) is 32.8 Å². The monoisotopic (exact) mass is 229 g/mol. The number of amides is 1. The molecule has 0 aliphatic carbocycles. The highest BCUT2D eigenvalue weighted by Crippen LogP contribution is 2.19. The second-order valence-corrected chi connectivity index (χ2v) is 4.70. The molecule has 1 fully saturated rings. The van der Waals surface area contributed by atoms with Gasteiger partial charge in [0.15, 0.2) is 0 Å². The minimum Gasteiger partial charge on any atom is -0.378 e. The molecule has 0 bridgehead atoms. The van der Waals surface area contributed by atoms with Crippen LogP contribution in [0, 0.1) is 0 Å². The fraction of sp³-hybridized carbons (Fsp3) is 0.909. The molecule has 5 nitrogen and oxygen atoms in total. The van der Waals surface area contributed by atoms with Crippen LogP contribution in [-0.4, -0.2) is 55.2 Å². The molecule has 16 heavy (non-hydrogen) atoms. The Kier molecular flexibility index (Phi) is 4.70. The van der Waals surface area contributed by atoms with E-state index in [1.165, 1.54) is 0 Å². The Labute approximate surface area is 97.3 Å². The van der Waals surface area contributed by atoms with E-state index in [9.17, 15) is 4.79 Å². The average molecular weight is 229 g/mol. The molecule has 1 atom stereocenters. The molecule has 0 aromatic heterocycles. The maximum Gasteiger partial charge on any atom is 0.239 e. The van der Waals surface area contributed by atoms with Crippen LogP contribution in [0.25, 0.3) is 0 Å². The number of carbonyl (C=O) groups is 1. The number of likely N-dealkylation sites (N-methyl/N-ethyl adjacent to an activating group) is 1. The first-order valence-electron chi connectivity index (χ1n) is 5.85. The van der Waals surface area contributed by atoms with Crippen LogP contribution in [-0.2, 0) is 9.53 Å². The van der Waals surface area contributed by atoms with Crippen molar-refractivity contribution < 1.29 is 9.53 Å². The standard InChI is InChI=1S/C11H23N3O2/c1-4-13-10(15)9-7-16-6-5-14(9)11(2,3)8-12/h9H,4-8,12H2,1-3H3,(H,13,15). The molecule has 3 N–H and O–H groups in total. The number of morpholine rings is 1. The Hall–Kier alpha value is -0.650. The smallest absolute Gasteiger partial charge is 0.239 e. The molecule has 1 rings (SSSR count). The third-order valence-electron chi connectivity index (χ3n) is 3.06. The van der Waals surface area contributed by atoms with E-state index in [-0.39, 0.29) is 17.5 Å². The van der Waals surface area contributed by atoms with Gasteiger partial charge in [-0.3, -0.25) is 9.69 Å². The van der Waals surface area contributed by atoms with E-state index in [1.54, 1.807) is 0 Å². The maximum absolute atomic E-state index is 11.9. The molecular formula is C11H23N3O2. The molecule has 1 saturated heterocycles. The molecule has 0 aromatic carbocycles. The molecule has 0 aromatic rings. The van der Waals surface area contributed by atoms with Crippen molar-refractivity contribution in [1.29, 1.82) is 0 Å². The summed E-state index contributed by atoms with van der Waals surface area (Å²) in [5.41, 5.74) is 5.59. The summed E-state index contributed by atoms with van der Waals surface area (Å²) >= 11 is 0. The fourth-order valence-corrected chi connectivity index (χ4v) is 1.95. The Morgan fingerprint density at radius 3 is 2.88 bits per heavy atom. The third kappa shape index (κ3) is 2.93. The van der Waals surface area contributed by atoms with E-state index in [0.717, 1.165) is 6.54 Å². The van der Waals surface area contributed by atoms with Gasteiger partial charge in [-0.05, 0) is 20.8 Å². The normalized spacial score (nSPS) is 23.1. The lowest BCUT2D eigenvalue weighted by Gasteiger charge is -2.44. The summed E-state index contributed by atoms with van der Waals surface area (Å²) < 4.78 is 5.38. The quantitative estimate of drug-likeness (QED) is 0.686. The van der Waals surface area contributed by atoms with Gasteiger partial charge in [0.05, 0.1) is 13.2 Å². The van der Waals surface area contributed by atoms with Gasteiger partial charge in [-0.25, -0.2) is 0 Å². The molecule has 5 heteroatoms. The van der Waals surface area contributed by atoms with E-state index in [1.807, 2.05) is 6.92 Å². The number of carbonyl (C=O) groups excluding carboxylic acids is 1. The first-order valence-corrected chi connectivity index (χ1v) is 5.85. The molecule has 0 radical (unpaired) electrons. The maximum atomic E-state index is 11.9. The number of nitrogens with zero attached hydrogens (tertiary/aromatic N) is 1. The average Bonchev–Trinajstić information content (AvgIpc) is 2.29. The SMILES string of the molecule is CCNC(=O)C1COCCN1C(C)(C)CN. The minimum atomic E-state index is -0.216. The van der Waals surface area contributed by atoms with E-state index in [2.05, 4.69) is 24.1 Å². The highest BCUT2D eigenvalue weighted by molar-refractivity contribution is 5.82. The first-order chi connectivity index (χ1) is 7.53. The van der Waals surface area contributed by atoms with Crippen molar-refractivity contribution in [3.8, 4) is 0 Å². The van der Waals surface area contributed by atoms with Crippen molar-refractivity contribution in [3.05, 3.63) is 0 Å². The lowest BCUT2D eigenvalue weighted by atomic mass is 9.99. The number of hydrogen-bond donors (Lipinski definition) is 2. The summed E-state index contributed by atoms with van der Waals surface area (Å²) in [5, 5.41) is 2.84. The summed E-state index contributed by atoms with van der Waals surface area (Å²) in [6.07, 6.45) is 0. The summed E-state index contributed by atoms with van der Waals surface area (Å²) in [6, 6.07) is -0.216. The minimum absolute atomic E-state index is 0.0312. The van der Waals surface area contributed by atoms with Crippen LogP contribution in [0.15, 0.2) is 0 Å². The van der Waals surface area contributed by atoms with Crippen molar-refractivity contribution in [1.82, 2.24) is 10.2 Å². The zero-order valence-electron chi connectivity index (χ0n) is 10.5. The molecule has 1 heterocycles. The van der Waals surface area contributed by atoms with Crippen molar-refractivity contribution in [3.63, 3.8) is 0 Å². The summed E-state index contributed by atoms with van der Waals surface area (Å²) in [5.74, 6) is 0.0312. The van der Waals surface area contributed by atoms with Gasteiger partial charge < -0.3 is 15.8 Å². The van der Waals surface area contributed by atoms with Crippen LogP contribution in [0.5, 0.6) is 0 Å². The predicted molar refractivity (Wildman–Crippen MR) is 63.1 cm³/mol. The highest BCUT2D eigenvalue weighted by Gasteiger charge is 2.37. The van der Waals surface area contributed by atoms with Crippen LogP contribution in [0.1, 0.15) is 20.8 Å². The van der Waals surface area contributed by atoms with Gasteiger partial charge in [0.25, 0.3) is 0 Å². The molecule has 1 unspecified atom stereocenters. The first kappa shape index (κ1) is 13.4. The number of nitrogens with two attached hydrogens (primary N) is 1. The van der Waals surface area contributed by atoms with Crippen LogP contribution < -0.4 is 11.1 Å².